The minimum Gasteiger partial charge on any atom is -0.497 e. The zero-order valence-electron chi connectivity index (χ0n) is 16.4. The summed E-state index contributed by atoms with van der Waals surface area (Å²) in [6.45, 7) is 1.10. The lowest BCUT2D eigenvalue weighted by atomic mass is 10.1. The molecular weight excluding hydrogens is 364 g/mol. The van der Waals surface area contributed by atoms with Crippen molar-refractivity contribution in [2.75, 3.05) is 26.8 Å². The summed E-state index contributed by atoms with van der Waals surface area (Å²) in [4.78, 5) is 11.8. The first kappa shape index (κ1) is 20.1. The number of carbonyl (C=O) groups is 1. The smallest absolute Gasteiger partial charge is 0.315 e. The fraction of sp³-hybridized carbons (Fsp3) is 0.208. The van der Waals surface area contributed by atoms with E-state index in [-0.39, 0.29) is 19.2 Å². The Hall–Kier alpha value is -3.65. The average molecular weight is 388 g/mol. The first-order valence-corrected chi connectivity index (χ1v) is 9.47. The van der Waals surface area contributed by atoms with Crippen molar-refractivity contribution in [3.05, 3.63) is 72.3 Å². The minimum absolute atomic E-state index is 0.234. The Kier molecular flexibility index (Phi) is 7.36. The second-order valence-electron chi connectivity index (χ2n) is 6.33. The van der Waals surface area contributed by atoms with Crippen LogP contribution in [0.25, 0.3) is 10.8 Å². The maximum absolute atomic E-state index is 11.8. The van der Waals surface area contributed by atoms with Gasteiger partial charge in [-0.05, 0) is 35.6 Å². The lowest BCUT2D eigenvalue weighted by Crippen LogP contribution is -2.36. The molecule has 2 N–H and O–H groups in total. The van der Waals surface area contributed by atoms with Gasteiger partial charge in [-0.15, -0.1) is 0 Å². The van der Waals surface area contributed by atoms with Crippen LogP contribution in [0.15, 0.2) is 66.7 Å². The molecule has 0 aliphatic carbocycles. The van der Waals surface area contributed by atoms with Crippen LogP contribution in [-0.4, -0.2) is 32.8 Å². The quantitative estimate of drug-likeness (QED) is 0.606. The minimum atomic E-state index is -0.234. The summed E-state index contributed by atoms with van der Waals surface area (Å²) >= 11 is 0. The van der Waals surface area contributed by atoms with Crippen LogP contribution in [0.1, 0.15) is 5.56 Å². The van der Waals surface area contributed by atoms with Gasteiger partial charge in [-0.2, -0.15) is 0 Å². The van der Waals surface area contributed by atoms with Gasteiger partial charge in [-0.25, -0.2) is 4.79 Å². The molecule has 3 aromatic rings. The Labute approximate surface area is 171 Å². The molecule has 0 atom stereocenters. The first-order chi connectivity index (χ1) is 14.3. The largest absolute Gasteiger partial charge is 0.497 e. The van der Waals surface area contributed by atoms with E-state index in [0.717, 1.165) is 34.3 Å². The van der Waals surface area contributed by atoms with E-state index in [4.69, 9.17) is 9.47 Å². The number of hydrogen-bond donors (Lipinski definition) is 2. The van der Waals surface area contributed by atoms with Crippen LogP contribution in [0.2, 0.25) is 0 Å². The highest BCUT2D eigenvalue weighted by Crippen LogP contribution is 2.24. The van der Waals surface area contributed by atoms with E-state index < -0.39 is 0 Å². The van der Waals surface area contributed by atoms with Crippen LogP contribution in [-0.2, 0) is 6.42 Å². The molecule has 0 aliphatic rings. The van der Waals surface area contributed by atoms with Gasteiger partial charge in [0.2, 0.25) is 0 Å². The molecule has 29 heavy (non-hydrogen) atoms. The van der Waals surface area contributed by atoms with Crippen LogP contribution < -0.4 is 20.1 Å². The van der Waals surface area contributed by atoms with Crippen molar-refractivity contribution in [2.45, 2.75) is 6.42 Å². The molecule has 0 unspecified atom stereocenters. The van der Waals surface area contributed by atoms with E-state index in [1.165, 1.54) is 0 Å². The maximum atomic E-state index is 11.8. The van der Waals surface area contributed by atoms with E-state index in [0.29, 0.717) is 6.54 Å². The third-order valence-electron chi connectivity index (χ3n) is 4.37. The highest BCUT2D eigenvalue weighted by atomic mass is 16.5. The summed E-state index contributed by atoms with van der Waals surface area (Å²) in [5.74, 6) is 7.44. The predicted molar refractivity (Wildman–Crippen MR) is 115 cm³/mol. The number of urea groups is 1. The van der Waals surface area contributed by atoms with Crippen molar-refractivity contribution in [1.82, 2.24) is 10.6 Å². The van der Waals surface area contributed by atoms with E-state index in [1.54, 1.807) is 7.11 Å². The van der Waals surface area contributed by atoms with Crippen LogP contribution in [0, 0.1) is 11.8 Å². The fourth-order valence-electron chi connectivity index (χ4n) is 2.85. The van der Waals surface area contributed by atoms with Crippen molar-refractivity contribution < 1.29 is 14.3 Å². The molecule has 148 valence electrons. The van der Waals surface area contributed by atoms with Gasteiger partial charge in [0, 0.05) is 11.9 Å². The highest BCUT2D eigenvalue weighted by Gasteiger charge is 2.00. The van der Waals surface area contributed by atoms with Crippen molar-refractivity contribution in [1.29, 1.82) is 0 Å². The van der Waals surface area contributed by atoms with E-state index >= 15 is 0 Å². The Balaban J connectivity index is 1.33. The number of fused-ring (bicyclic) bond motifs is 1. The van der Waals surface area contributed by atoms with Gasteiger partial charge in [0.15, 0.2) is 0 Å². The van der Waals surface area contributed by atoms with Crippen molar-refractivity contribution in [3.8, 4) is 23.3 Å². The third kappa shape index (κ3) is 6.18. The molecule has 5 heteroatoms. The molecule has 3 rings (SSSR count). The van der Waals surface area contributed by atoms with Gasteiger partial charge >= 0.3 is 6.03 Å². The van der Waals surface area contributed by atoms with Crippen LogP contribution in [0.5, 0.6) is 11.5 Å². The number of hydrogen-bond acceptors (Lipinski definition) is 3. The molecule has 0 bridgehead atoms. The lowest BCUT2D eigenvalue weighted by Gasteiger charge is -2.07. The zero-order valence-corrected chi connectivity index (χ0v) is 16.4. The van der Waals surface area contributed by atoms with Crippen LogP contribution in [0.4, 0.5) is 4.79 Å². The van der Waals surface area contributed by atoms with E-state index in [1.807, 2.05) is 66.7 Å². The Morgan fingerprint density at radius 3 is 2.55 bits per heavy atom. The van der Waals surface area contributed by atoms with Gasteiger partial charge in [-0.3, -0.25) is 0 Å². The van der Waals surface area contributed by atoms with Crippen molar-refractivity contribution in [2.24, 2.45) is 0 Å². The molecule has 0 radical (unpaired) electrons. The van der Waals surface area contributed by atoms with Gasteiger partial charge in [0.05, 0.1) is 13.7 Å². The van der Waals surface area contributed by atoms with E-state index in [9.17, 15) is 4.79 Å². The number of rotatable bonds is 7. The molecule has 0 heterocycles. The molecular formula is C24H24N2O3. The standard InChI is InChI=1S/C24H24N2O3/c1-28-21-13-11-19(12-14-21)15-17-26-24(27)25-16-4-5-18-29-23-10-6-8-20-7-2-3-9-22(20)23/h2-3,6-14H,15-18H2,1H3,(H2,25,26,27). The summed E-state index contributed by atoms with van der Waals surface area (Å²) < 4.78 is 10.9. The van der Waals surface area contributed by atoms with Crippen LogP contribution >= 0.6 is 0 Å². The number of methoxy groups -OCH3 is 1. The third-order valence-corrected chi connectivity index (χ3v) is 4.37. The SMILES string of the molecule is COc1ccc(CCNC(=O)NCC#CCOc2cccc3ccccc23)cc1. The monoisotopic (exact) mass is 388 g/mol. The molecule has 0 aliphatic heterocycles. The number of carbonyl (C=O) groups excluding carboxylic acids is 1. The summed E-state index contributed by atoms with van der Waals surface area (Å²) in [6.07, 6.45) is 0.752. The van der Waals surface area contributed by atoms with Crippen molar-refractivity contribution >= 4 is 16.8 Å². The molecule has 2 amide bonds. The topological polar surface area (TPSA) is 59.6 Å². The van der Waals surface area contributed by atoms with Crippen LogP contribution in [0.3, 0.4) is 0 Å². The Bertz CT molecular complexity index is 999. The van der Waals surface area contributed by atoms with E-state index in [2.05, 4.69) is 22.5 Å². The van der Waals surface area contributed by atoms with Gasteiger partial charge in [-0.1, -0.05) is 60.4 Å². The number of nitrogens with one attached hydrogen (secondary N) is 2. The second-order valence-corrected chi connectivity index (χ2v) is 6.33. The molecule has 5 nitrogen and oxygen atoms in total. The Morgan fingerprint density at radius 2 is 1.72 bits per heavy atom. The molecule has 0 saturated carbocycles. The van der Waals surface area contributed by atoms with Gasteiger partial charge in [0.1, 0.15) is 18.1 Å². The van der Waals surface area contributed by atoms with Gasteiger partial charge in [0.25, 0.3) is 0 Å². The number of amides is 2. The molecule has 0 saturated heterocycles. The number of ether oxygens (including phenoxy) is 2. The summed E-state index contributed by atoms with van der Waals surface area (Å²) in [5.41, 5.74) is 1.14. The first-order valence-electron chi connectivity index (χ1n) is 9.47. The second kappa shape index (κ2) is 10.6. The molecule has 0 fully saturated rings. The molecule has 3 aromatic carbocycles. The van der Waals surface area contributed by atoms with Gasteiger partial charge < -0.3 is 20.1 Å². The average Bonchev–Trinajstić information content (AvgIpc) is 2.76. The number of benzene rings is 3. The summed E-state index contributed by atoms with van der Waals surface area (Å²) in [6, 6.07) is 21.5. The zero-order chi connectivity index (χ0) is 20.3. The predicted octanol–water partition coefficient (Wildman–Crippen LogP) is 3.77. The summed E-state index contributed by atoms with van der Waals surface area (Å²) in [5, 5.41) is 7.72. The lowest BCUT2D eigenvalue weighted by molar-refractivity contribution is 0.242. The maximum Gasteiger partial charge on any atom is 0.315 e. The normalized spacial score (nSPS) is 9.97. The molecule has 0 aromatic heterocycles. The van der Waals surface area contributed by atoms with Crippen molar-refractivity contribution in [3.63, 3.8) is 0 Å². The Morgan fingerprint density at radius 1 is 0.931 bits per heavy atom. The fourth-order valence-corrected chi connectivity index (χ4v) is 2.85. The summed E-state index contributed by atoms with van der Waals surface area (Å²) in [7, 11) is 1.64. The highest BCUT2D eigenvalue weighted by molar-refractivity contribution is 5.88. The molecule has 0 spiro atoms.